The van der Waals surface area contributed by atoms with Crippen molar-refractivity contribution in [1.29, 1.82) is 0 Å². The maximum Gasteiger partial charge on any atom is 0.0240 e. The van der Waals surface area contributed by atoms with Crippen LogP contribution >= 0.6 is 0 Å². The molecule has 0 heterocycles. The summed E-state index contributed by atoms with van der Waals surface area (Å²) >= 11 is 0. The number of nitrogens with zero attached hydrogens (tertiary/aromatic N) is 1. The molecule has 4 aromatic rings. The Kier molecular flexibility index (Phi) is 5.96. The Morgan fingerprint density at radius 2 is 1.14 bits per heavy atom. The number of fused-ring (bicyclic) bond motifs is 1. The van der Waals surface area contributed by atoms with Gasteiger partial charge in [-0.05, 0) is 27.5 Å². The van der Waals surface area contributed by atoms with Gasteiger partial charge >= 0.3 is 0 Å². The second-order valence-electron chi connectivity index (χ2n) is 7.11. The zero-order valence-electron chi connectivity index (χ0n) is 16.0. The molecule has 0 radical (unpaired) electrons. The summed E-state index contributed by atoms with van der Waals surface area (Å²) in [5, 5.41) is 2.59. The van der Waals surface area contributed by atoms with E-state index < -0.39 is 0 Å². The fourth-order valence-corrected chi connectivity index (χ4v) is 3.59. The van der Waals surface area contributed by atoms with Crippen molar-refractivity contribution in [2.45, 2.75) is 13.1 Å². The van der Waals surface area contributed by atoms with Gasteiger partial charge in [-0.1, -0.05) is 115 Å². The molecule has 0 saturated heterocycles. The highest BCUT2D eigenvalue weighted by Gasteiger charge is 2.06. The Bertz CT molecular complexity index is 989. The number of rotatable bonds is 7. The van der Waals surface area contributed by atoms with Gasteiger partial charge < -0.3 is 0 Å². The first kappa shape index (κ1) is 18.2. The van der Waals surface area contributed by atoms with Crippen molar-refractivity contribution in [3.63, 3.8) is 0 Å². The topological polar surface area (TPSA) is 3.24 Å². The monoisotopic (exact) mass is 363 g/mol. The van der Waals surface area contributed by atoms with Gasteiger partial charge in [0, 0.05) is 19.6 Å². The lowest BCUT2D eigenvalue weighted by Gasteiger charge is -2.21. The van der Waals surface area contributed by atoms with Crippen molar-refractivity contribution >= 4 is 16.8 Å². The smallest absolute Gasteiger partial charge is 0.0240 e. The van der Waals surface area contributed by atoms with Crippen molar-refractivity contribution in [3.05, 3.63) is 126 Å². The fourth-order valence-electron chi connectivity index (χ4n) is 3.59. The van der Waals surface area contributed by atoms with E-state index in [2.05, 4.69) is 120 Å². The lowest BCUT2D eigenvalue weighted by atomic mass is 10.0. The summed E-state index contributed by atoms with van der Waals surface area (Å²) < 4.78 is 0. The van der Waals surface area contributed by atoms with Crippen LogP contribution in [0.5, 0.6) is 0 Å². The molecule has 0 bridgehead atoms. The molecule has 0 aliphatic carbocycles. The Morgan fingerprint density at radius 3 is 1.82 bits per heavy atom. The molecule has 4 aromatic carbocycles. The van der Waals surface area contributed by atoms with Crippen LogP contribution in [0.2, 0.25) is 0 Å². The van der Waals surface area contributed by atoms with Crippen LogP contribution in [-0.4, -0.2) is 11.4 Å². The minimum atomic E-state index is 0.910. The van der Waals surface area contributed by atoms with E-state index in [1.165, 1.54) is 27.5 Å². The van der Waals surface area contributed by atoms with Crippen molar-refractivity contribution in [3.8, 4) is 0 Å². The molecule has 0 aromatic heterocycles. The average molecular weight is 364 g/mol. The molecule has 0 N–H and O–H groups in total. The minimum Gasteiger partial charge on any atom is -0.291 e. The molecule has 1 heteroatoms. The molecule has 1 nitrogen and oxygen atoms in total. The molecule has 0 amide bonds. The summed E-state index contributed by atoms with van der Waals surface area (Å²) in [5.74, 6) is 0. The number of benzene rings is 4. The summed E-state index contributed by atoms with van der Waals surface area (Å²) in [5.41, 5.74) is 3.96. The molecule has 0 aliphatic rings. The van der Waals surface area contributed by atoms with E-state index in [4.69, 9.17) is 0 Å². The van der Waals surface area contributed by atoms with Crippen LogP contribution in [0.25, 0.3) is 16.8 Å². The van der Waals surface area contributed by atoms with Gasteiger partial charge in [0.25, 0.3) is 0 Å². The first-order valence-electron chi connectivity index (χ1n) is 9.83. The van der Waals surface area contributed by atoms with Gasteiger partial charge in [-0.25, -0.2) is 0 Å². The van der Waals surface area contributed by atoms with E-state index >= 15 is 0 Å². The Balaban J connectivity index is 1.52. The molecular formula is C27H25N. The molecule has 0 unspecified atom stereocenters. The predicted molar refractivity (Wildman–Crippen MR) is 120 cm³/mol. The van der Waals surface area contributed by atoms with E-state index in [9.17, 15) is 0 Å². The SMILES string of the molecule is C(=C\c1cccc2ccccc12)/CN(Cc1ccccc1)Cc1ccccc1. The van der Waals surface area contributed by atoms with E-state index in [-0.39, 0.29) is 0 Å². The van der Waals surface area contributed by atoms with E-state index in [0.29, 0.717) is 0 Å². The van der Waals surface area contributed by atoms with Gasteiger partial charge in [-0.3, -0.25) is 4.90 Å². The maximum absolute atomic E-state index is 2.48. The van der Waals surface area contributed by atoms with E-state index in [1.54, 1.807) is 0 Å². The lowest BCUT2D eigenvalue weighted by Crippen LogP contribution is -2.22. The minimum absolute atomic E-state index is 0.910. The molecule has 0 saturated carbocycles. The fraction of sp³-hybridized carbons (Fsp3) is 0.111. The molecule has 28 heavy (non-hydrogen) atoms. The van der Waals surface area contributed by atoms with Crippen molar-refractivity contribution < 1.29 is 0 Å². The molecule has 0 atom stereocenters. The highest BCUT2D eigenvalue weighted by atomic mass is 15.1. The Labute approximate surface area is 167 Å². The second-order valence-corrected chi connectivity index (χ2v) is 7.11. The van der Waals surface area contributed by atoms with Crippen molar-refractivity contribution in [2.24, 2.45) is 0 Å². The van der Waals surface area contributed by atoms with Crippen LogP contribution < -0.4 is 0 Å². The molecule has 0 aliphatic heterocycles. The van der Waals surface area contributed by atoms with E-state index in [1.807, 2.05) is 0 Å². The zero-order chi connectivity index (χ0) is 19.0. The highest BCUT2D eigenvalue weighted by Crippen LogP contribution is 2.20. The summed E-state index contributed by atoms with van der Waals surface area (Å²) in [6.07, 6.45) is 4.54. The number of hydrogen-bond donors (Lipinski definition) is 0. The van der Waals surface area contributed by atoms with Gasteiger partial charge in [0.15, 0.2) is 0 Å². The molecule has 4 rings (SSSR count). The quantitative estimate of drug-likeness (QED) is 0.359. The van der Waals surface area contributed by atoms with Crippen LogP contribution in [0.3, 0.4) is 0 Å². The predicted octanol–water partition coefficient (Wildman–Crippen LogP) is 6.56. The van der Waals surface area contributed by atoms with Crippen LogP contribution in [0.4, 0.5) is 0 Å². The van der Waals surface area contributed by atoms with Gasteiger partial charge in [-0.15, -0.1) is 0 Å². The first-order valence-corrected chi connectivity index (χ1v) is 9.83. The van der Waals surface area contributed by atoms with Gasteiger partial charge in [0.1, 0.15) is 0 Å². The lowest BCUT2D eigenvalue weighted by molar-refractivity contribution is 0.286. The Hall–Kier alpha value is -3.16. The molecule has 0 fully saturated rings. The van der Waals surface area contributed by atoms with Gasteiger partial charge in [0.2, 0.25) is 0 Å². The van der Waals surface area contributed by atoms with Gasteiger partial charge in [0.05, 0.1) is 0 Å². The second kappa shape index (κ2) is 9.16. The van der Waals surface area contributed by atoms with Crippen LogP contribution in [0, 0.1) is 0 Å². The third-order valence-corrected chi connectivity index (χ3v) is 4.98. The average Bonchev–Trinajstić information content (AvgIpc) is 2.75. The summed E-state index contributed by atoms with van der Waals surface area (Å²) in [7, 11) is 0. The van der Waals surface area contributed by atoms with Crippen molar-refractivity contribution in [1.82, 2.24) is 4.90 Å². The first-order chi connectivity index (χ1) is 13.9. The Morgan fingerprint density at radius 1 is 0.571 bits per heavy atom. The number of hydrogen-bond acceptors (Lipinski definition) is 1. The van der Waals surface area contributed by atoms with E-state index in [0.717, 1.165) is 19.6 Å². The normalized spacial score (nSPS) is 11.5. The maximum atomic E-state index is 2.48. The third-order valence-electron chi connectivity index (χ3n) is 4.98. The van der Waals surface area contributed by atoms with Crippen LogP contribution in [-0.2, 0) is 13.1 Å². The highest BCUT2D eigenvalue weighted by molar-refractivity contribution is 5.90. The van der Waals surface area contributed by atoms with Crippen molar-refractivity contribution in [2.75, 3.05) is 6.54 Å². The summed E-state index contributed by atoms with van der Waals surface area (Å²) in [6.45, 7) is 2.79. The zero-order valence-corrected chi connectivity index (χ0v) is 16.0. The van der Waals surface area contributed by atoms with Crippen LogP contribution in [0.15, 0.2) is 109 Å². The molecule has 138 valence electrons. The third kappa shape index (κ3) is 4.76. The molecule has 0 spiro atoms. The molecular weight excluding hydrogens is 338 g/mol. The largest absolute Gasteiger partial charge is 0.291 e. The standard InChI is InChI=1S/C27H25N/c1-3-11-23(12-4-1)21-28(22-24-13-5-2-6-14-24)20-10-18-26-17-9-16-25-15-7-8-19-27(25)26/h1-19H,20-22H2/b18-10+. The summed E-state index contributed by atoms with van der Waals surface area (Å²) in [4.78, 5) is 2.48. The van der Waals surface area contributed by atoms with Crippen LogP contribution in [0.1, 0.15) is 16.7 Å². The summed E-state index contributed by atoms with van der Waals surface area (Å²) in [6, 6.07) is 36.5. The van der Waals surface area contributed by atoms with Gasteiger partial charge in [-0.2, -0.15) is 0 Å².